The lowest BCUT2D eigenvalue weighted by Gasteiger charge is -2.08. The van der Waals surface area contributed by atoms with E-state index in [2.05, 4.69) is 5.10 Å². The third-order valence-corrected chi connectivity index (χ3v) is 3.23. The van der Waals surface area contributed by atoms with E-state index in [1.807, 2.05) is 30.3 Å². The average Bonchev–Trinajstić information content (AvgIpc) is 2.99. The normalized spacial score (nSPS) is 10.6. The number of aliphatic hydroxyl groups is 1. The molecule has 0 atom stereocenters. The van der Waals surface area contributed by atoms with Gasteiger partial charge in [-0.25, -0.2) is 4.39 Å². The maximum absolute atomic E-state index is 12.9. The first kappa shape index (κ1) is 14.3. The summed E-state index contributed by atoms with van der Waals surface area (Å²) in [6, 6.07) is 15.3. The molecule has 0 saturated carbocycles. The summed E-state index contributed by atoms with van der Waals surface area (Å²) < 4.78 is 20.3. The van der Waals surface area contributed by atoms with Crippen molar-refractivity contribution < 1.29 is 14.2 Å². The van der Waals surface area contributed by atoms with Gasteiger partial charge >= 0.3 is 0 Å². The third-order valence-electron chi connectivity index (χ3n) is 3.23. The van der Waals surface area contributed by atoms with Crippen LogP contribution in [0.25, 0.3) is 11.3 Å². The van der Waals surface area contributed by atoms with Crippen LogP contribution in [-0.4, -0.2) is 21.5 Å². The van der Waals surface area contributed by atoms with Gasteiger partial charge in [-0.15, -0.1) is 0 Å². The highest BCUT2D eigenvalue weighted by molar-refractivity contribution is 5.60. The summed E-state index contributed by atoms with van der Waals surface area (Å²) in [5, 5.41) is 13.2. The van der Waals surface area contributed by atoms with Crippen molar-refractivity contribution in [1.29, 1.82) is 0 Å². The van der Waals surface area contributed by atoms with Crippen LogP contribution >= 0.6 is 0 Å². The van der Waals surface area contributed by atoms with Gasteiger partial charge in [-0.1, -0.05) is 0 Å². The van der Waals surface area contributed by atoms with Crippen LogP contribution in [0.2, 0.25) is 0 Å². The number of hydrogen-bond donors (Lipinski definition) is 1. The standard InChI is InChI=1S/C17H15FN2O2/c18-14-3-7-16(8-4-14)22-15-5-1-13(2-6-15)17-9-10-19-20(17)11-12-21/h1-10,21H,11-12H2. The van der Waals surface area contributed by atoms with E-state index in [1.54, 1.807) is 23.0 Å². The second-order valence-corrected chi connectivity index (χ2v) is 4.74. The van der Waals surface area contributed by atoms with Gasteiger partial charge in [0.05, 0.1) is 18.8 Å². The smallest absolute Gasteiger partial charge is 0.127 e. The largest absolute Gasteiger partial charge is 0.457 e. The van der Waals surface area contributed by atoms with E-state index >= 15 is 0 Å². The van der Waals surface area contributed by atoms with E-state index in [4.69, 9.17) is 9.84 Å². The van der Waals surface area contributed by atoms with E-state index in [1.165, 1.54) is 12.1 Å². The molecule has 112 valence electrons. The lowest BCUT2D eigenvalue weighted by atomic mass is 10.1. The van der Waals surface area contributed by atoms with E-state index in [0.717, 1.165) is 11.3 Å². The predicted octanol–water partition coefficient (Wildman–Crippen LogP) is 3.47. The van der Waals surface area contributed by atoms with E-state index < -0.39 is 0 Å². The maximum Gasteiger partial charge on any atom is 0.127 e. The Morgan fingerprint density at radius 3 is 2.23 bits per heavy atom. The van der Waals surface area contributed by atoms with Crippen LogP contribution in [0.3, 0.4) is 0 Å². The molecule has 0 aliphatic carbocycles. The Kier molecular flexibility index (Phi) is 4.16. The van der Waals surface area contributed by atoms with Crippen LogP contribution in [-0.2, 0) is 6.54 Å². The number of ether oxygens (including phenoxy) is 1. The molecule has 3 aromatic rings. The Morgan fingerprint density at radius 1 is 0.955 bits per heavy atom. The Balaban J connectivity index is 1.77. The zero-order valence-corrected chi connectivity index (χ0v) is 11.8. The van der Waals surface area contributed by atoms with Crippen molar-refractivity contribution >= 4 is 0 Å². The number of aliphatic hydroxyl groups excluding tert-OH is 1. The van der Waals surface area contributed by atoms with Crippen molar-refractivity contribution in [3.05, 3.63) is 66.6 Å². The molecule has 0 saturated heterocycles. The SMILES string of the molecule is OCCn1nccc1-c1ccc(Oc2ccc(F)cc2)cc1. The summed E-state index contributed by atoms with van der Waals surface area (Å²) in [6.07, 6.45) is 1.70. The van der Waals surface area contributed by atoms with Gasteiger partial charge in [-0.3, -0.25) is 4.68 Å². The highest BCUT2D eigenvalue weighted by Gasteiger charge is 2.05. The number of halogens is 1. The maximum atomic E-state index is 12.9. The minimum Gasteiger partial charge on any atom is -0.457 e. The van der Waals surface area contributed by atoms with Gasteiger partial charge in [0.25, 0.3) is 0 Å². The average molecular weight is 298 g/mol. The fourth-order valence-electron chi connectivity index (χ4n) is 2.18. The molecule has 0 spiro atoms. The quantitative estimate of drug-likeness (QED) is 0.784. The van der Waals surface area contributed by atoms with Gasteiger partial charge < -0.3 is 9.84 Å². The van der Waals surface area contributed by atoms with Gasteiger partial charge in [-0.2, -0.15) is 5.10 Å². The Labute approximate surface area is 127 Å². The highest BCUT2D eigenvalue weighted by atomic mass is 19.1. The lowest BCUT2D eigenvalue weighted by Crippen LogP contribution is -2.05. The molecule has 0 amide bonds. The van der Waals surface area contributed by atoms with Gasteiger partial charge in [0.2, 0.25) is 0 Å². The first-order valence-electron chi connectivity index (χ1n) is 6.93. The van der Waals surface area contributed by atoms with Gasteiger partial charge in [-0.05, 0) is 54.6 Å². The fraction of sp³-hybridized carbons (Fsp3) is 0.118. The molecular weight excluding hydrogens is 283 g/mol. The predicted molar refractivity (Wildman–Crippen MR) is 81.2 cm³/mol. The number of benzene rings is 2. The summed E-state index contributed by atoms with van der Waals surface area (Å²) >= 11 is 0. The summed E-state index contributed by atoms with van der Waals surface area (Å²) in [4.78, 5) is 0. The minimum absolute atomic E-state index is 0.0421. The van der Waals surface area contributed by atoms with Crippen molar-refractivity contribution in [2.75, 3.05) is 6.61 Å². The Bertz CT molecular complexity index is 736. The van der Waals surface area contributed by atoms with Crippen molar-refractivity contribution in [3.63, 3.8) is 0 Å². The van der Waals surface area contributed by atoms with Crippen LogP contribution in [0, 0.1) is 5.82 Å². The monoisotopic (exact) mass is 298 g/mol. The molecule has 1 N–H and O–H groups in total. The highest BCUT2D eigenvalue weighted by Crippen LogP contribution is 2.25. The molecule has 0 radical (unpaired) electrons. The molecule has 0 aliphatic heterocycles. The van der Waals surface area contributed by atoms with Crippen LogP contribution in [0.15, 0.2) is 60.8 Å². The first-order valence-corrected chi connectivity index (χ1v) is 6.93. The molecule has 0 bridgehead atoms. The molecule has 22 heavy (non-hydrogen) atoms. The molecule has 1 heterocycles. The number of nitrogens with zero attached hydrogens (tertiary/aromatic N) is 2. The van der Waals surface area contributed by atoms with Crippen LogP contribution in [0.4, 0.5) is 4.39 Å². The first-order chi connectivity index (χ1) is 10.8. The van der Waals surface area contributed by atoms with Gasteiger partial charge in [0, 0.05) is 11.8 Å². The molecule has 0 fully saturated rings. The van der Waals surface area contributed by atoms with E-state index in [9.17, 15) is 4.39 Å². The number of hydrogen-bond acceptors (Lipinski definition) is 3. The van der Waals surface area contributed by atoms with E-state index in [-0.39, 0.29) is 12.4 Å². The Hall–Kier alpha value is -2.66. The molecule has 0 unspecified atom stereocenters. The van der Waals surface area contributed by atoms with Crippen LogP contribution in [0.5, 0.6) is 11.5 Å². The van der Waals surface area contributed by atoms with Gasteiger partial charge in [0.15, 0.2) is 0 Å². The molecule has 4 nitrogen and oxygen atoms in total. The zero-order chi connectivity index (χ0) is 15.4. The molecule has 0 aliphatic rings. The zero-order valence-electron chi connectivity index (χ0n) is 11.8. The second kappa shape index (κ2) is 6.41. The molecule has 5 heteroatoms. The van der Waals surface area contributed by atoms with Crippen molar-refractivity contribution in [2.45, 2.75) is 6.54 Å². The summed E-state index contributed by atoms with van der Waals surface area (Å²) in [6.45, 7) is 0.497. The number of rotatable bonds is 5. The molecule has 3 rings (SSSR count). The lowest BCUT2D eigenvalue weighted by molar-refractivity contribution is 0.270. The van der Waals surface area contributed by atoms with Crippen LogP contribution in [0.1, 0.15) is 0 Å². The van der Waals surface area contributed by atoms with Gasteiger partial charge in [0.1, 0.15) is 17.3 Å². The molecular formula is C17H15FN2O2. The second-order valence-electron chi connectivity index (χ2n) is 4.74. The van der Waals surface area contributed by atoms with Crippen molar-refractivity contribution in [3.8, 4) is 22.8 Å². The fourth-order valence-corrected chi connectivity index (χ4v) is 2.18. The number of aromatic nitrogens is 2. The van der Waals surface area contributed by atoms with Crippen molar-refractivity contribution in [2.24, 2.45) is 0 Å². The Morgan fingerprint density at radius 2 is 1.59 bits per heavy atom. The molecule has 2 aromatic carbocycles. The van der Waals surface area contributed by atoms with Crippen molar-refractivity contribution in [1.82, 2.24) is 9.78 Å². The minimum atomic E-state index is -0.292. The van der Waals surface area contributed by atoms with E-state index in [0.29, 0.717) is 18.0 Å². The third kappa shape index (κ3) is 3.15. The topological polar surface area (TPSA) is 47.3 Å². The molecule has 1 aromatic heterocycles. The summed E-state index contributed by atoms with van der Waals surface area (Å²) in [7, 11) is 0. The van der Waals surface area contributed by atoms with Crippen LogP contribution < -0.4 is 4.74 Å². The summed E-state index contributed by atoms with van der Waals surface area (Å²) in [5.41, 5.74) is 1.92. The summed E-state index contributed by atoms with van der Waals surface area (Å²) in [5.74, 6) is 0.961.